The van der Waals surface area contributed by atoms with E-state index in [0.29, 0.717) is 19.1 Å². The second-order valence-electron chi connectivity index (χ2n) is 4.27. The molecule has 0 aliphatic rings. The van der Waals surface area contributed by atoms with Gasteiger partial charge in [0.25, 0.3) is 0 Å². The molecular weight excluding hydrogens is 230 g/mol. The largest absolute Gasteiger partial charge is 0.475 e. The lowest BCUT2D eigenvalue weighted by Gasteiger charge is -2.13. The quantitative estimate of drug-likeness (QED) is 0.720. The number of nitrogens with one attached hydrogen (secondary N) is 1. The summed E-state index contributed by atoms with van der Waals surface area (Å²) < 4.78 is 11.1. The minimum atomic E-state index is 0.224. The average Bonchev–Trinajstić information content (AvgIpc) is 2.36. The van der Waals surface area contributed by atoms with Crippen LogP contribution in [-0.2, 0) is 11.2 Å². The van der Waals surface area contributed by atoms with E-state index in [9.17, 15) is 0 Å². The number of hydrogen-bond donors (Lipinski definition) is 1. The van der Waals surface area contributed by atoms with E-state index in [1.54, 1.807) is 0 Å². The van der Waals surface area contributed by atoms with Crippen LogP contribution >= 0.6 is 0 Å². The van der Waals surface area contributed by atoms with Gasteiger partial charge in [-0.05, 0) is 20.3 Å². The minimum Gasteiger partial charge on any atom is -0.475 e. The molecule has 0 spiro atoms. The molecule has 0 aliphatic carbocycles. The zero-order valence-electron chi connectivity index (χ0n) is 11.7. The fraction of sp³-hybridized carbons (Fsp3) is 0.692. The monoisotopic (exact) mass is 253 g/mol. The van der Waals surface area contributed by atoms with Crippen LogP contribution in [-0.4, -0.2) is 36.3 Å². The van der Waals surface area contributed by atoms with E-state index in [4.69, 9.17) is 9.47 Å². The van der Waals surface area contributed by atoms with Crippen LogP contribution < -0.4 is 10.1 Å². The van der Waals surface area contributed by atoms with Gasteiger partial charge in [-0.3, -0.25) is 0 Å². The molecule has 0 aromatic carbocycles. The first-order chi connectivity index (χ1) is 8.69. The molecule has 0 radical (unpaired) electrons. The van der Waals surface area contributed by atoms with Crippen LogP contribution in [0.2, 0.25) is 0 Å². The van der Waals surface area contributed by atoms with Crippen LogP contribution in [0.5, 0.6) is 5.88 Å². The summed E-state index contributed by atoms with van der Waals surface area (Å²) >= 11 is 0. The highest BCUT2D eigenvalue weighted by Gasteiger charge is 2.10. The van der Waals surface area contributed by atoms with Gasteiger partial charge < -0.3 is 14.8 Å². The lowest BCUT2D eigenvalue weighted by molar-refractivity contribution is 0.0540. The van der Waals surface area contributed by atoms with Crippen LogP contribution in [0.1, 0.15) is 32.8 Å². The normalized spacial score (nSPS) is 10.7. The van der Waals surface area contributed by atoms with Gasteiger partial charge in [0.1, 0.15) is 18.8 Å². The molecule has 0 fully saturated rings. The molecular formula is C13H23N3O2. The highest BCUT2D eigenvalue weighted by molar-refractivity contribution is 5.48. The highest BCUT2D eigenvalue weighted by atomic mass is 16.5. The van der Waals surface area contributed by atoms with E-state index in [-0.39, 0.29) is 6.10 Å². The third-order valence-electron chi connectivity index (χ3n) is 2.42. The van der Waals surface area contributed by atoms with Gasteiger partial charge in [0.2, 0.25) is 5.88 Å². The number of hydrogen-bond acceptors (Lipinski definition) is 5. The van der Waals surface area contributed by atoms with Crippen molar-refractivity contribution >= 4 is 5.82 Å². The van der Waals surface area contributed by atoms with Gasteiger partial charge in [0.15, 0.2) is 0 Å². The van der Waals surface area contributed by atoms with Crippen LogP contribution in [0.15, 0.2) is 6.33 Å². The maximum atomic E-state index is 5.67. The maximum Gasteiger partial charge on any atom is 0.221 e. The van der Waals surface area contributed by atoms with Crippen molar-refractivity contribution in [1.29, 1.82) is 0 Å². The predicted octanol–water partition coefficient (Wildman–Crippen LogP) is 2.27. The van der Waals surface area contributed by atoms with Gasteiger partial charge in [0, 0.05) is 7.05 Å². The predicted molar refractivity (Wildman–Crippen MR) is 72.2 cm³/mol. The van der Waals surface area contributed by atoms with Gasteiger partial charge in [-0.25, -0.2) is 9.97 Å². The topological polar surface area (TPSA) is 56.3 Å². The first-order valence-corrected chi connectivity index (χ1v) is 6.45. The summed E-state index contributed by atoms with van der Waals surface area (Å²) in [5.74, 6) is 1.50. The van der Waals surface area contributed by atoms with Crippen molar-refractivity contribution < 1.29 is 9.47 Å². The standard InChI is InChI=1S/C13H23N3O2/c1-5-6-11-12(14-4)15-9-16-13(11)18-8-7-17-10(2)3/h9-10H,5-8H2,1-4H3,(H,14,15,16). The average molecular weight is 253 g/mol. The fourth-order valence-corrected chi connectivity index (χ4v) is 1.63. The minimum absolute atomic E-state index is 0.224. The van der Waals surface area contributed by atoms with E-state index in [1.165, 1.54) is 6.33 Å². The molecule has 1 heterocycles. The van der Waals surface area contributed by atoms with Crippen LogP contribution in [0.4, 0.5) is 5.82 Å². The van der Waals surface area contributed by atoms with Crippen molar-refractivity contribution in [3.05, 3.63) is 11.9 Å². The summed E-state index contributed by atoms with van der Waals surface area (Å²) in [5.41, 5.74) is 1.03. The molecule has 0 amide bonds. The molecule has 5 heteroatoms. The Labute approximate surface area is 109 Å². The molecule has 5 nitrogen and oxygen atoms in total. The molecule has 1 rings (SSSR count). The van der Waals surface area contributed by atoms with Gasteiger partial charge in [-0.15, -0.1) is 0 Å². The second kappa shape index (κ2) is 7.87. The zero-order valence-corrected chi connectivity index (χ0v) is 11.7. The maximum absolute atomic E-state index is 5.67. The van der Waals surface area contributed by atoms with Crippen molar-refractivity contribution in [2.75, 3.05) is 25.6 Å². The van der Waals surface area contributed by atoms with Crippen LogP contribution in [0.3, 0.4) is 0 Å². The lowest BCUT2D eigenvalue weighted by Crippen LogP contribution is -2.13. The van der Waals surface area contributed by atoms with Gasteiger partial charge in [-0.1, -0.05) is 13.3 Å². The first-order valence-electron chi connectivity index (χ1n) is 6.45. The third-order valence-corrected chi connectivity index (χ3v) is 2.42. The van der Waals surface area contributed by atoms with Crippen molar-refractivity contribution in [2.24, 2.45) is 0 Å². The fourth-order valence-electron chi connectivity index (χ4n) is 1.63. The van der Waals surface area contributed by atoms with E-state index in [0.717, 1.165) is 24.2 Å². The van der Waals surface area contributed by atoms with Crippen molar-refractivity contribution in [3.8, 4) is 5.88 Å². The summed E-state index contributed by atoms with van der Waals surface area (Å²) in [6, 6.07) is 0. The summed E-state index contributed by atoms with van der Waals surface area (Å²) in [5, 5.41) is 3.07. The van der Waals surface area contributed by atoms with E-state index >= 15 is 0 Å². The van der Waals surface area contributed by atoms with Crippen LogP contribution in [0, 0.1) is 0 Å². The molecule has 0 saturated carbocycles. The van der Waals surface area contributed by atoms with Gasteiger partial charge in [0.05, 0.1) is 18.3 Å². The molecule has 0 atom stereocenters. The summed E-state index contributed by atoms with van der Waals surface area (Å²) in [6.45, 7) is 7.22. The molecule has 18 heavy (non-hydrogen) atoms. The van der Waals surface area contributed by atoms with Gasteiger partial charge >= 0.3 is 0 Å². The third kappa shape index (κ3) is 4.49. The van der Waals surface area contributed by atoms with Gasteiger partial charge in [-0.2, -0.15) is 0 Å². The number of ether oxygens (including phenoxy) is 2. The Hall–Kier alpha value is -1.36. The number of nitrogens with zero attached hydrogens (tertiary/aromatic N) is 2. The Balaban J connectivity index is 2.63. The molecule has 0 bridgehead atoms. The first kappa shape index (κ1) is 14.7. The van der Waals surface area contributed by atoms with E-state index in [2.05, 4.69) is 22.2 Å². The van der Waals surface area contributed by atoms with Crippen LogP contribution in [0.25, 0.3) is 0 Å². The molecule has 1 aromatic rings. The number of aromatic nitrogens is 2. The van der Waals surface area contributed by atoms with Crippen molar-refractivity contribution in [3.63, 3.8) is 0 Å². The molecule has 0 aliphatic heterocycles. The number of anilines is 1. The molecule has 0 saturated heterocycles. The molecule has 1 aromatic heterocycles. The lowest BCUT2D eigenvalue weighted by atomic mass is 10.2. The summed E-state index contributed by atoms with van der Waals surface area (Å²) in [6.07, 6.45) is 3.67. The van der Waals surface area contributed by atoms with Crippen molar-refractivity contribution in [2.45, 2.75) is 39.7 Å². The molecule has 1 N–H and O–H groups in total. The van der Waals surface area contributed by atoms with E-state index in [1.807, 2.05) is 20.9 Å². The molecule has 102 valence electrons. The summed E-state index contributed by atoms with van der Waals surface area (Å²) in [7, 11) is 1.85. The Bertz CT molecular complexity index is 356. The Morgan fingerprint density at radius 3 is 2.67 bits per heavy atom. The number of rotatable bonds is 8. The Kier molecular flexibility index (Phi) is 6.43. The molecule has 0 unspecified atom stereocenters. The highest BCUT2D eigenvalue weighted by Crippen LogP contribution is 2.23. The van der Waals surface area contributed by atoms with E-state index < -0.39 is 0 Å². The SMILES string of the molecule is CCCc1c(NC)ncnc1OCCOC(C)C. The summed E-state index contributed by atoms with van der Waals surface area (Å²) in [4.78, 5) is 8.39. The smallest absolute Gasteiger partial charge is 0.221 e. The Morgan fingerprint density at radius 2 is 2.06 bits per heavy atom. The zero-order chi connectivity index (χ0) is 13.4. The van der Waals surface area contributed by atoms with Crippen molar-refractivity contribution in [1.82, 2.24) is 9.97 Å². The second-order valence-corrected chi connectivity index (χ2v) is 4.27. The Morgan fingerprint density at radius 1 is 1.28 bits per heavy atom.